The second-order valence-electron chi connectivity index (χ2n) is 6.99. The van der Waals surface area contributed by atoms with Crippen LogP contribution in [0, 0.1) is 5.92 Å². The molecule has 1 saturated carbocycles. The van der Waals surface area contributed by atoms with Crippen molar-refractivity contribution >= 4 is 12.1 Å². The lowest BCUT2D eigenvalue weighted by Crippen LogP contribution is -2.68. The number of aliphatic hydroxyl groups is 2. The van der Waals surface area contributed by atoms with E-state index in [1.807, 2.05) is 0 Å². The van der Waals surface area contributed by atoms with Crippen LogP contribution in [0.5, 0.6) is 0 Å². The van der Waals surface area contributed by atoms with Crippen LogP contribution in [0.2, 0.25) is 0 Å². The average Bonchev–Trinajstić information content (AvgIpc) is 3.00. The van der Waals surface area contributed by atoms with E-state index >= 15 is 0 Å². The lowest BCUT2D eigenvalue weighted by atomic mass is 9.65. The first-order valence-corrected chi connectivity index (χ1v) is 8.61. The fourth-order valence-corrected chi connectivity index (χ4v) is 4.49. The van der Waals surface area contributed by atoms with Gasteiger partial charge in [-0.1, -0.05) is 18.2 Å². The number of nitrogens with zero attached hydrogens (tertiary/aromatic N) is 1. The van der Waals surface area contributed by atoms with Gasteiger partial charge in [0, 0.05) is 18.9 Å². The predicted molar refractivity (Wildman–Crippen MR) is 85.8 cm³/mol. The van der Waals surface area contributed by atoms with E-state index in [-0.39, 0.29) is 31.1 Å². The number of rotatable bonds is 2. The van der Waals surface area contributed by atoms with E-state index in [4.69, 9.17) is 9.47 Å². The van der Waals surface area contributed by atoms with Gasteiger partial charge in [-0.25, -0.2) is 9.59 Å². The molecule has 1 aliphatic carbocycles. The molecule has 0 spiro atoms. The molecule has 4 rings (SSSR count). The second kappa shape index (κ2) is 6.00. The Balaban J connectivity index is 1.67. The number of piperidine rings is 1. The largest absolute Gasteiger partial charge is 0.452 e. The summed E-state index contributed by atoms with van der Waals surface area (Å²) in [5.74, 6) is -0.795. The molecular weight excluding hydrogens is 326 g/mol. The molecule has 5 atom stereocenters. The molecule has 7 heteroatoms. The smallest absolute Gasteiger partial charge is 0.410 e. The van der Waals surface area contributed by atoms with Crippen LogP contribution in [0.4, 0.5) is 4.79 Å². The molecule has 1 aromatic rings. The van der Waals surface area contributed by atoms with E-state index < -0.39 is 23.8 Å². The molecule has 2 saturated heterocycles. The zero-order chi connectivity index (χ0) is 17.6. The van der Waals surface area contributed by atoms with Crippen molar-refractivity contribution < 1.29 is 29.3 Å². The first kappa shape index (κ1) is 16.4. The Labute approximate surface area is 145 Å². The van der Waals surface area contributed by atoms with Crippen molar-refractivity contribution in [3.05, 3.63) is 35.9 Å². The van der Waals surface area contributed by atoms with E-state index in [1.54, 1.807) is 35.2 Å². The first-order chi connectivity index (χ1) is 12.0. The van der Waals surface area contributed by atoms with E-state index in [9.17, 15) is 19.8 Å². The van der Waals surface area contributed by atoms with Crippen LogP contribution >= 0.6 is 0 Å². The lowest BCUT2D eigenvalue weighted by molar-refractivity contribution is -0.207. The fourth-order valence-electron chi connectivity index (χ4n) is 4.49. The Bertz CT molecular complexity index is 679. The number of carbonyl (C=O) groups excluding carboxylic acids is 2. The molecule has 25 heavy (non-hydrogen) atoms. The van der Waals surface area contributed by atoms with Crippen LogP contribution in [0.1, 0.15) is 29.6 Å². The van der Waals surface area contributed by atoms with Gasteiger partial charge in [0.05, 0.1) is 17.7 Å². The van der Waals surface area contributed by atoms with Gasteiger partial charge in [-0.3, -0.25) is 0 Å². The highest BCUT2D eigenvalue weighted by atomic mass is 16.6. The molecule has 1 aromatic carbocycles. The van der Waals surface area contributed by atoms with E-state index in [2.05, 4.69) is 0 Å². The van der Waals surface area contributed by atoms with Gasteiger partial charge in [0.25, 0.3) is 0 Å². The highest BCUT2D eigenvalue weighted by molar-refractivity contribution is 5.89. The normalized spacial score (nSPS) is 37.0. The summed E-state index contributed by atoms with van der Waals surface area (Å²) in [6, 6.07) is 8.34. The van der Waals surface area contributed by atoms with E-state index in [0.29, 0.717) is 24.9 Å². The molecule has 134 valence electrons. The monoisotopic (exact) mass is 347 g/mol. The van der Waals surface area contributed by atoms with Gasteiger partial charge in [0.15, 0.2) is 0 Å². The minimum absolute atomic E-state index is 0.219. The third-order valence-electron chi connectivity index (χ3n) is 5.78. The number of hydrogen-bond acceptors (Lipinski definition) is 6. The Hall–Kier alpha value is -2.12. The lowest BCUT2D eigenvalue weighted by Gasteiger charge is -2.54. The van der Waals surface area contributed by atoms with Gasteiger partial charge in [0.1, 0.15) is 18.3 Å². The van der Waals surface area contributed by atoms with Crippen LogP contribution in [0.25, 0.3) is 0 Å². The molecule has 2 N–H and O–H groups in total. The summed E-state index contributed by atoms with van der Waals surface area (Å²) in [4.78, 5) is 26.1. The summed E-state index contributed by atoms with van der Waals surface area (Å²) in [6.07, 6.45) is -1.28. The molecule has 3 aliphatic rings. The highest BCUT2D eigenvalue weighted by Gasteiger charge is 2.61. The summed E-state index contributed by atoms with van der Waals surface area (Å²) in [5, 5.41) is 20.9. The number of benzene rings is 1. The van der Waals surface area contributed by atoms with Gasteiger partial charge in [-0.15, -0.1) is 0 Å². The Morgan fingerprint density at radius 1 is 1.24 bits per heavy atom. The standard InChI is InChI=1S/C18H21NO6/c20-14-7-6-12-13-10-24-17(23)19(13)9-8-18(12,15(14)21)25-16(22)11-4-2-1-3-5-11/h1-5,12-15,20-21H,6-10H2/t12-,13-,14-,15+,18-/m0/s1. The number of aliphatic hydroxyl groups excluding tert-OH is 2. The summed E-state index contributed by atoms with van der Waals surface area (Å²) in [7, 11) is 0. The molecule has 0 radical (unpaired) electrons. The number of carbonyl (C=O) groups is 2. The average molecular weight is 347 g/mol. The van der Waals surface area contributed by atoms with Crippen molar-refractivity contribution in [2.45, 2.75) is 43.1 Å². The summed E-state index contributed by atoms with van der Waals surface area (Å²) in [5.41, 5.74) is -0.816. The summed E-state index contributed by atoms with van der Waals surface area (Å²) < 4.78 is 11.0. The summed E-state index contributed by atoms with van der Waals surface area (Å²) >= 11 is 0. The van der Waals surface area contributed by atoms with E-state index in [0.717, 1.165) is 0 Å². The molecular formula is C18H21NO6. The van der Waals surface area contributed by atoms with Gasteiger partial charge in [-0.05, 0) is 25.0 Å². The zero-order valence-electron chi connectivity index (χ0n) is 13.7. The van der Waals surface area contributed by atoms with Gasteiger partial charge in [-0.2, -0.15) is 0 Å². The number of esters is 1. The molecule has 3 fully saturated rings. The van der Waals surface area contributed by atoms with Crippen LogP contribution < -0.4 is 0 Å². The molecule has 0 aromatic heterocycles. The molecule has 7 nitrogen and oxygen atoms in total. The Morgan fingerprint density at radius 3 is 2.76 bits per heavy atom. The molecule has 2 aliphatic heterocycles. The maximum atomic E-state index is 12.6. The van der Waals surface area contributed by atoms with Crippen LogP contribution in [0.15, 0.2) is 30.3 Å². The predicted octanol–water partition coefficient (Wildman–Crippen LogP) is 0.938. The maximum Gasteiger partial charge on any atom is 0.410 e. The van der Waals surface area contributed by atoms with Crippen molar-refractivity contribution in [3.8, 4) is 0 Å². The second-order valence-corrected chi connectivity index (χ2v) is 6.99. The highest BCUT2D eigenvalue weighted by Crippen LogP contribution is 2.47. The molecule has 0 bridgehead atoms. The van der Waals surface area contributed by atoms with Gasteiger partial charge < -0.3 is 24.6 Å². The minimum Gasteiger partial charge on any atom is -0.452 e. The SMILES string of the molecule is O=C(O[C@@]12CCN3C(=O)OC[C@H]3[C@@H]1CC[C@H](O)[C@H]2O)c1ccccc1. The van der Waals surface area contributed by atoms with Crippen molar-refractivity contribution in [2.75, 3.05) is 13.2 Å². The van der Waals surface area contributed by atoms with Crippen molar-refractivity contribution in [1.82, 2.24) is 4.90 Å². The van der Waals surface area contributed by atoms with Crippen LogP contribution in [-0.4, -0.2) is 64.2 Å². The first-order valence-electron chi connectivity index (χ1n) is 8.61. The zero-order valence-corrected chi connectivity index (χ0v) is 13.7. The maximum absolute atomic E-state index is 12.6. The Morgan fingerprint density at radius 2 is 2.00 bits per heavy atom. The third kappa shape index (κ3) is 2.49. The number of fused-ring (bicyclic) bond motifs is 3. The minimum atomic E-state index is -1.21. The summed E-state index contributed by atoms with van der Waals surface area (Å²) in [6.45, 7) is 0.544. The number of hydrogen-bond donors (Lipinski definition) is 2. The number of ether oxygens (including phenoxy) is 2. The van der Waals surface area contributed by atoms with Gasteiger partial charge >= 0.3 is 12.1 Å². The topological polar surface area (TPSA) is 96.3 Å². The Kier molecular flexibility index (Phi) is 3.92. The quantitative estimate of drug-likeness (QED) is 0.773. The molecule has 2 heterocycles. The molecule has 1 amide bonds. The molecule has 0 unspecified atom stereocenters. The fraction of sp³-hybridized carbons (Fsp3) is 0.556. The number of cyclic esters (lactones) is 1. The number of amides is 1. The van der Waals surface area contributed by atoms with E-state index in [1.165, 1.54) is 0 Å². The van der Waals surface area contributed by atoms with Crippen molar-refractivity contribution in [1.29, 1.82) is 0 Å². The van der Waals surface area contributed by atoms with Crippen molar-refractivity contribution in [3.63, 3.8) is 0 Å². The van der Waals surface area contributed by atoms with Gasteiger partial charge in [0.2, 0.25) is 0 Å². The van der Waals surface area contributed by atoms with Crippen molar-refractivity contribution in [2.24, 2.45) is 5.92 Å². The third-order valence-corrected chi connectivity index (χ3v) is 5.78. The van der Waals surface area contributed by atoms with Crippen LogP contribution in [0.3, 0.4) is 0 Å². The van der Waals surface area contributed by atoms with Crippen LogP contribution in [-0.2, 0) is 9.47 Å².